The Morgan fingerprint density at radius 1 is 0.694 bits per heavy atom. The molecule has 0 unspecified atom stereocenters. The number of hydrogen-bond acceptors (Lipinski definition) is 3. The van der Waals surface area contributed by atoms with Gasteiger partial charge in [0.2, 0.25) is 0 Å². The van der Waals surface area contributed by atoms with Gasteiger partial charge < -0.3 is 9.30 Å². The molecule has 0 fully saturated rings. The average molecular weight is 484 g/mol. The van der Waals surface area contributed by atoms with Crippen LogP contribution in [0.4, 0.5) is 0 Å². The number of nitrogens with zero attached hydrogens (tertiary/aromatic N) is 1. The maximum Gasteiger partial charge on any atom is 0.193 e. The standard InChI is InChI=1S/C32H37NO3/c1-4-7-9-10-11-31(34)24-14-18-29-27(21-24)28-22-25(15-19-30(28)33(29)6-3)32(35)23-12-16-26(17-13-23)36-20-8-5-2/h12-19,21-22H,4-11,20H2,1-3H3. The van der Waals surface area contributed by atoms with Gasteiger partial charge in [-0.3, -0.25) is 9.59 Å². The quantitative estimate of drug-likeness (QED) is 0.142. The van der Waals surface area contributed by atoms with Crippen LogP contribution in [-0.4, -0.2) is 22.7 Å². The van der Waals surface area contributed by atoms with Gasteiger partial charge in [-0.1, -0.05) is 39.5 Å². The Morgan fingerprint density at radius 3 is 1.94 bits per heavy atom. The first kappa shape index (κ1) is 25.7. The number of ketones is 2. The molecule has 4 rings (SSSR count). The molecule has 0 aliphatic carbocycles. The van der Waals surface area contributed by atoms with Crippen LogP contribution >= 0.6 is 0 Å². The van der Waals surface area contributed by atoms with E-state index in [1.54, 1.807) is 0 Å². The van der Waals surface area contributed by atoms with Crippen LogP contribution in [0.25, 0.3) is 21.8 Å². The number of rotatable bonds is 13. The number of aryl methyl sites for hydroxylation is 1. The van der Waals surface area contributed by atoms with Crippen molar-refractivity contribution in [3.8, 4) is 5.75 Å². The first-order valence-electron chi connectivity index (χ1n) is 13.4. The van der Waals surface area contributed by atoms with E-state index in [1.807, 2.05) is 54.6 Å². The van der Waals surface area contributed by atoms with Crippen molar-refractivity contribution in [2.45, 2.75) is 72.3 Å². The SMILES string of the molecule is CCCCCCC(=O)c1ccc2c(c1)c1cc(C(=O)c3ccc(OCCCC)cc3)ccc1n2CC. The van der Waals surface area contributed by atoms with Crippen molar-refractivity contribution in [2.75, 3.05) is 6.61 Å². The monoisotopic (exact) mass is 483 g/mol. The molecule has 0 N–H and O–H groups in total. The highest BCUT2D eigenvalue weighted by atomic mass is 16.5. The predicted octanol–water partition coefficient (Wildman–Crippen LogP) is 8.38. The second kappa shape index (κ2) is 12.0. The van der Waals surface area contributed by atoms with E-state index in [4.69, 9.17) is 4.74 Å². The lowest BCUT2D eigenvalue weighted by molar-refractivity contribution is 0.0978. The van der Waals surface area contributed by atoms with Crippen LogP contribution in [0.3, 0.4) is 0 Å². The normalized spacial score (nSPS) is 11.3. The third-order valence-electron chi connectivity index (χ3n) is 6.91. The molecule has 188 valence electrons. The molecule has 1 heterocycles. The van der Waals surface area contributed by atoms with Crippen molar-refractivity contribution in [2.24, 2.45) is 0 Å². The number of unbranched alkanes of at least 4 members (excludes halogenated alkanes) is 4. The van der Waals surface area contributed by atoms with Crippen LogP contribution in [0.1, 0.15) is 92.0 Å². The number of hydrogen-bond donors (Lipinski definition) is 0. The summed E-state index contributed by atoms with van der Waals surface area (Å²) < 4.78 is 7.98. The summed E-state index contributed by atoms with van der Waals surface area (Å²) in [5.74, 6) is 0.963. The summed E-state index contributed by atoms with van der Waals surface area (Å²) in [6.07, 6.45) is 7.04. The lowest BCUT2D eigenvalue weighted by Crippen LogP contribution is -2.02. The maximum atomic E-state index is 13.3. The fourth-order valence-electron chi connectivity index (χ4n) is 4.82. The van der Waals surface area contributed by atoms with Crippen LogP contribution in [0.15, 0.2) is 60.7 Å². The Bertz CT molecular complexity index is 1350. The van der Waals surface area contributed by atoms with Gasteiger partial charge in [-0.15, -0.1) is 0 Å². The molecule has 1 aromatic heterocycles. The number of benzene rings is 3. The molecule has 0 amide bonds. The molecule has 4 aromatic rings. The summed E-state index contributed by atoms with van der Waals surface area (Å²) in [4.78, 5) is 26.2. The molecule has 0 saturated carbocycles. The average Bonchev–Trinajstić information content (AvgIpc) is 3.23. The lowest BCUT2D eigenvalue weighted by atomic mass is 9.99. The zero-order valence-corrected chi connectivity index (χ0v) is 21.8. The molecule has 0 atom stereocenters. The smallest absolute Gasteiger partial charge is 0.193 e. The second-order valence-corrected chi connectivity index (χ2v) is 9.50. The number of carbonyl (C=O) groups is 2. The fraction of sp³-hybridized carbons (Fsp3) is 0.375. The lowest BCUT2D eigenvalue weighted by Gasteiger charge is -2.07. The van der Waals surface area contributed by atoms with Gasteiger partial charge in [0.05, 0.1) is 6.61 Å². The van der Waals surface area contributed by atoms with E-state index in [0.717, 1.165) is 71.8 Å². The highest BCUT2D eigenvalue weighted by molar-refractivity contribution is 6.15. The number of aromatic nitrogens is 1. The molecule has 4 nitrogen and oxygen atoms in total. The Kier molecular flexibility index (Phi) is 8.58. The highest BCUT2D eigenvalue weighted by Gasteiger charge is 2.16. The van der Waals surface area contributed by atoms with Gasteiger partial charge in [0.25, 0.3) is 0 Å². The molecule has 0 radical (unpaired) electrons. The van der Waals surface area contributed by atoms with Gasteiger partial charge >= 0.3 is 0 Å². The van der Waals surface area contributed by atoms with E-state index in [0.29, 0.717) is 24.2 Å². The molecule has 4 heteroatoms. The van der Waals surface area contributed by atoms with Gasteiger partial charge in [0, 0.05) is 51.5 Å². The molecule has 0 aliphatic heterocycles. The maximum absolute atomic E-state index is 13.3. The molecule has 0 saturated heterocycles. The van der Waals surface area contributed by atoms with Crippen LogP contribution in [0, 0.1) is 0 Å². The van der Waals surface area contributed by atoms with E-state index in [1.165, 1.54) is 6.42 Å². The Hall–Kier alpha value is -3.40. The summed E-state index contributed by atoms with van der Waals surface area (Å²) in [5, 5.41) is 2.04. The second-order valence-electron chi connectivity index (χ2n) is 9.50. The Labute approximate surface area is 214 Å². The van der Waals surface area contributed by atoms with Crippen LogP contribution < -0.4 is 4.74 Å². The van der Waals surface area contributed by atoms with Gasteiger partial charge in [-0.25, -0.2) is 0 Å². The zero-order valence-electron chi connectivity index (χ0n) is 21.8. The van der Waals surface area contributed by atoms with Crippen molar-refractivity contribution in [3.05, 3.63) is 77.4 Å². The van der Waals surface area contributed by atoms with E-state index in [2.05, 4.69) is 31.4 Å². The van der Waals surface area contributed by atoms with Crippen molar-refractivity contribution in [3.63, 3.8) is 0 Å². The summed E-state index contributed by atoms with van der Waals surface area (Å²) in [6.45, 7) is 7.93. The van der Waals surface area contributed by atoms with Crippen molar-refractivity contribution in [1.82, 2.24) is 4.57 Å². The fourth-order valence-corrected chi connectivity index (χ4v) is 4.82. The van der Waals surface area contributed by atoms with E-state index in [-0.39, 0.29) is 11.6 Å². The van der Waals surface area contributed by atoms with Gasteiger partial charge in [-0.05, 0) is 80.4 Å². The third-order valence-corrected chi connectivity index (χ3v) is 6.91. The molecule has 0 bridgehead atoms. The first-order valence-corrected chi connectivity index (χ1v) is 13.4. The van der Waals surface area contributed by atoms with Crippen LogP contribution in [-0.2, 0) is 6.54 Å². The molecule has 3 aromatic carbocycles. The number of Topliss-reactive ketones (excluding diaryl/α,β-unsaturated/α-hetero) is 1. The number of carbonyl (C=O) groups excluding carboxylic acids is 2. The third kappa shape index (κ3) is 5.53. The minimum atomic E-state index is -0.0161. The van der Waals surface area contributed by atoms with Crippen molar-refractivity contribution in [1.29, 1.82) is 0 Å². The van der Waals surface area contributed by atoms with Crippen LogP contribution in [0.5, 0.6) is 5.75 Å². The minimum absolute atomic E-state index is 0.0161. The Balaban J connectivity index is 1.64. The highest BCUT2D eigenvalue weighted by Crippen LogP contribution is 2.32. The number of ether oxygens (including phenoxy) is 1. The number of fused-ring (bicyclic) bond motifs is 3. The minimum Gasteiger partial charge on any atom is -0.494 e. The van der Waals surface area contributed by atoms with Gasteiger partial charge in [0.15, 0.2) is 11.6 Å². The Morgan fingerprint density at radius 2 is 1.31 bits per heavy atom. The van der Waals surface area contributed by atoms with Crippen molar-refractivity contribution >= 4 is 33.4 Å². The van der Waals surface area contributed by atoms with E-state index in [9.17, 15) is 9.59 Å². The summed E-state index contributed by atoms with van der Waals surface area (Å²) >= 11 is 0. The van der Waals surface area contributed by atoms with E-state index < -0.39 is 0 Å². The summed E-state index contributed by atoms with van der Waals surface area (Å²) in [7, 11) is 0. The zero-order chi connectivity index (χ0) is 25.5. The molecule has 0 spiro atoms. The molecule has 36 heavy (non-hydrogen) atoms. The van der Waals surface area contributed by atoms with Crippen molar-refractivity contribution < 1.29 is 14.3 Å². The predicted molar refractivity (Wildman–Crippen MR) is 148 cm³/mol. The summed E-state index contributed by atoms with van der Waals surface area (Å²) in [6, 6.07) is 19.3. The van der Waals surface area contributed by atoms with E-state index >= 15 is 0 Å². The molecular weight excluding hydrogens is 446 g/mol. The summed E-state index contributed by atoms with van der Waals surface area (Å²) in [5.41, 5.74) is 4.21. The largest absolute Gasteiger partial charge is 0.494 e. The first-order chi connectivity index (χ1) is 17.6. The van der Waals surface area contributed by atoms with Crippen LogP contribution in [0.2, 0.25) is 0 Å². The molecular formula is C32H37NO3. The van der Waals surface area contributed by atoms with Gasteiger partial charge in [-0.2, -0.15) is 0 Å². The topological polar surface area (TPSA) is 48.3 Å². The van der Waals surface area contributed by atoms with Gasteiger partial charge in [0.1, 0.15) is 5.75 Å². The molecule has 0 aliphatic rings.